The number of carbonyl (C=O) groups excluding carboxylic acids is 2. The highest BCUT2D eigenvalue weighted by atomic mass is 35.5. The molecule has 0 atom stereocenters. The predicted molar refractivity (Wildman–Crippen MR) is 119 cm³/mol. The number of amides is 2. The van der Waals surface area contributed by atoms with Crippen molar-refractivity contribution < 1.29 is 14.7 Å². The number of rotatable bonds is 5. The van der Waals surface area contributed by atoms with Gasteiger partial charge in [-0.3, -0.25) is 9.59 Å². The van der Waals surface area contributed by atoms with Crippen molar-refractivity contribution in [1.29, 1.82) is 0 Å². The lowest BCUT2D eigenvalue weighted by Crippen LogP contribution is -2.19. The van der Waals surface area contributed by atoms with E-state index in [4.69, 9.17) is 23.2 Å². The summed E-state index contributed by atoms with van der Waals surface area (Å²) in [5, 5.41) is 16.8. The van der Waals surface area contributed by atoms with Gasteiger partial charge in [-0.15, -0.1) is 0 Å². The number of anilines is 1. The maximum atomic E-state index is 12.4. The van der Waals surface area contributed by atoms with E-state index in [1.807, 2.05) is 0 Å². The minimum absolute atomic E-state index is 0.0803. The maximum absolute atomic E-state index is 12.4. The summed E-state index contributed by atoms with van der Waals surface area (Å²) in [7, 11) is 0. The fourth-order valence-corrected chi connectivity index (χ4v) is 3.04. The first-order valence-electron chi connectivity index (χ1n) is 8.84. The van der Waals surface area contributed by atoms with Crippen molar-refractivity contribution in [1.82, 2.24) is 5.43 Å². The summed E-state index contributed by atoms with van der Waals surface area (Å²) in [4.78, 5) is 24.5. The Balaban J connectivity index is 1.64. The highest BCUT2D eigenvalue weighted by Crippen LogP contribution is 2.22. The quantitative estimate of drug-likeness (QED) is 0.379. The standard InChI is InChI=1S/C22H17Cl2N3O3/c1-13(26-27-21(29)15-4-9-18(28)10-5-15)14-2-7-17(8-3-14)25-22(30)19-11-6-16(23)12-20(19)24/h2-12,28H,1H3,(H,25,30)(H,27,29)/b26-13+. The molecule has 3 N–H and O–H groups in total. The Labute approximate surface area is 183 Å². The van der Waals surface area contributed by atoms with Crippen molar-refractivity contribution in [2.24, 2.45) is 5.10 Å². The minimum atomic E-state index is -0.391. The van der Waals surface area contributed by atoms with Crippen LogP contribution in [0.5, 0.6) is 5.75 Å². The van der Waals surface area contributed by atoms with Crippen LogP contribution in [-0.4, -0.2) is 22.6 Å². The summed E-state index contributed by atoms with van der Waals surface area (Å²) in [6.45, 7) is 1.75. The Hall–Kier alpha value is -3.35. The number of aromatic hydroxyl groups is 1. The first-order chi connectivity index (χ1) is 14.3. The molecule has 0 aliphatic carbocycles. The van der Waals surface area contributed by atoms with E-state index in [-0.39, 0.29) is 16.7 Å². The van der Waals surface area contributed by atoms with Gasteiger partial charge in [0.15, 0.2) is 0 Å². The number of hydrogen-bond donors (Lipinski definition) is 3. The molecular weight excluding hydrogens is 425 g/mol. The molecule has 30 heavy (non-hydrogen) atoms. The molecule has 0 bridgehead atoms. The smallest absolute Gasteiger partial charge is 0.271 e. The molecule has 0 spiro atoms. The summed E-state index contributed by atoms with van der Waals surface area (Å²) in [5.74, 6) is -0.661. The van der Waals surface area contributed by atoms with Gasteiger partial charge in [-0.1, -0.05) is 35.3 Å². The molecule has 0 unspecified atom stereocenters. The van der Waals surface area contributed by atoms with Gasteiger partial charge >= 0.3 is 0 Å². The SMILES string of the molecule is C/C(=N\NC(=O)c1ccc(O)cc1)c1ccc(NC(=O)c2ccc(Cl)cc2Cl)cc1. The monoisotopic (exact) mass is 441 g/mol. The van der Waals surface area contributed by atoms with E-state index in [0.717, 1.165) is 5.56 Å². The van der Waals surface area contributed by atoms with Gasteiger partial charge in [0.1, 0.15) is 5.75 Å². The lowest BCUT2D eigenvalue weighted by atomic mass is 10.1. The predicted octanol–water partition coefficient (Wildman–Crippen LogP) is 5.11. The van der Waals surface area contributed by atoms with Crippen LogP contribution in [0.2, 0.25) is 10.0 Å². The second-order valence-corrected chi connectivity index (χ2v) is 7.18. The lowest BCUT2D eigenvalue weighted by Gasteiger charge is -2.08. The zero-order valence-corrected chi connectivity index (χ0v) is 17.3. The molecule has 0 saturated heterocycles. The molecule has 0 fully saturated rings. The van der Waals surface area contributed by atoms with Crippen LogP contribution in [0.3, 0.4) is 0 Å². The molecule has 2 amide bonds. The second-order valence-electron chi connectivity index (χ2n) is 6.34. The van der Waals surface area contributed by atoms with Gasteiger partial charge in [0.25, 0.3) is 11.8 Å². The number of halogens is 2. The first-order valence-corrected chi connectivity index (χ1v) is 9.59. The number of nitrogens with one attached hydrogen (secondary N) is 2. The van der Waals surface area contributed by atoms with Gasteiger partial charge in [-0.05, 0) is 67.1 Å². The minimum Gasteiger partial charge on any atom is -0.508 e. The molecule has 3 aromatic carbocycles. The number of hydrazone groups is 1. The molecule has 0 aliphatic heterocycles. The number of hydrogen-bond acceptors (Lipinski definition) is 4. The van der Waals surface area contributed by atoms with Gasteiger partial charge < -0.3 is 10.4 Å². The third kappa shape index (κ3) is 5.37. The summed E-state index contributed by atoms with van der Waals surface area (Å²) in [6.07, 6.45) is 0. The van der Waals surface area contributed by atoms with Crippen LogP contribution in [0.15, 0.2) is 71.8 Å². The Morgan fingerprint density at radius 2 is 1.50 bits per heavy atom. The van der Waals surface area contributed by atoms with E-state index in [1.165, 1.54) is 30.3 Å². The summed E-state index contributed by atoms with van der Waals surface area (Å²) in [6, 6.07) is 17.5. The van der Waals surface area contributed by atoms with Crippen molar-refractivity contribution in [2.45, 2.75) is 6.92 Å². The van der Waals surface area contributed by atoms with Crippen molar-refractivity contribution in [3.05, 3.63) is 93.5 Å². The van der Waals surface area contributed by atoms with E-state index in [0.29, 0.717) is 27.5 Å². The normalized spacial score (nSPS) is 11.1. The van der Waals surface area contributed by atoms with E-state index < -0.39 is 5.91 Å². The van der Waals surface area contributed by atoms with Gasteiger partial charge in [-0.25, -0.2) is 5.43 Å². The molecule has 8 heteroatoms. The first kappa shape index (κ1) is 21.4. The Kier molecular flexibility index (Phi) is 6.72. The van der Waals surface area contributed by atoms with Gasteiger partial charge in [0, 0.05) is 16.3 Å². The van der Waals surface area contributed by atoms with Crippen LogP contribution in [0.1, 0.15) is 33.2 Å². The van der Waals surface area contributed by atoms with E-state index in [1.54, 1.807) is 43.3 Å². The number of nitrogens with zero attached hydrogens (tertiary/aromatic N) is 1. The molecule has 0 aromatic heterocycles. The number of carbonyl (C=O) groups is 2. The van der Waals surface area contributed by atoms with Crippen molar-refractivity contribution in [3.8, 4) is 5.75 Å². The maximum Gasteiger partial charge on any atom is 0.271 e. The van der Waals surface area contributed by atoms with Crippen LogP contribution < -0.4 is 10.7 Å². The zero-order chi connectivity index (χ0) is 21.7. The molecule has 0 saturated carbocycles. The third-order valence-corrected chi connectivity index (χ3v) is 4.74. The third-order valence-electron chi connectivity index (χ3n) is 4.19. The Morgan fingerprint density at radius 3 is 2.13 bits per heavy atom. The summed E-state index contributed by atoms with van der Waals surface area (Å²) >= 11 is 11.9. The average molecular weight is 442 g/mol. The summed E-state index contributed by atoms with van der Waals surface area (Å²) in [5.41, 5.74) is 5.10. The number of phenolic OH excluding ortho intramolecular Hbond substituents is 1. The molecule has 152 valence electrons. The topological polar surface area (TPSA) is 90.8 Å². The fraction of sp³-hybridized carbons (Fsp3) is 0.0455. The molecule has 0 radical (unpaired) electrons. The lowest BCUT2D eigenvalue weighted by molar-refractivity contribution is 0.0954. The van der Waals surface area contributed by atoms with Crippen LogP contribution in [0, 0.1) is 0 Å². The van der Waals surface area contributed by atoms with Gasteiger partial charge in [0.2, 0.25) is 0 Å². The van der Waals surface area contributed by atoms with E-state index >= 15 is 0 Å². The average Bonchev–Trinajstić information content (AvgIpc) is 2.72. The molecule has 0 aliphatic rings. The van der Waals surface area contributed by atoms with Crippen molar-refractivity contribution in [2.75, 3.05) is 5.32 Å². The molecule has 3 aromatic rings. The number of benzene rings is 3. The van der Waals surface area contributed by atoms with Crippen LogP contribution >= 0.6 is 23.2 Å². The van der Waals surface area contributed by atoms with Gasteiger partial charge in [0.05, 0.1) is 16.3 Å². The largest absolute Gasteiger partial charge is 0.508 e. The highest BCUT2D eigenvalue weighted by molar-refractivity contribution is 6.37. The Bertz CT molecular complexity index is 1110. The molecule has 3 rings (SSSR count). The number of phenols is 1. The highest BCUT2D eigenvalue weighted by Gasteiger charge is 2.11. The van der Waals surface area contributed by atoms with Gasteiger partial charge in [-0.2, -0.15) is 5.10 Å². The fourth-order valence-electron chi connectivity index (χ4n) is 2.54. The van der Waals surface area contributed by atoms with Crippen LogP contribution in [0.25, 0.3) is 0 Å². The van der Waals surface area contributed by atoms with Crippen molar-refractivity contribution >= 4 is 46.4 Å². The molecule has 0 heterocycles. The second kappa shape index (κ2) is 9.43. The van der Waals surface area contributed by atoms with Crippen molar-refractivity contribution in [3.63, 3.8) is 0 Å². The van der Waals surface area contributed by atoms with E-state index in [2.05, 4.69) is 15.8 Å². The van der Waals surface area contributed by atoms with E-state index in [9.17, 15) is 14.7 Å². The summed E-state index contributed by atoms with van der Waals surface area (Å²) < 4.78 is 0. The van der Waals surface area contributed by atoms with Crippen LogP contribution in [-0.2, 0) is 0 Å². The van der Waals surface area contributed by atoms with Crippen LogP contribution in [0.4, 0.5) is 5.69 Å². The Morgan fingerprint density at radius 1 is 0.867 bits per heavy atom. The molecule has 6 nitrogen and oxygen atoms in total. The molecular formula is C22H17Cl2N3O3. The zero-order valence-electron chi connectivity index (χ0n) is 15.8.